The molecule has 0 aliphatic heterocycles. The molecule has 0 radical (unpaired) electrons. The minimum absolute atomic E-state index is 0.0370. The van der Waals surface area contributed by atoms with Crippen molar-refractivity contribution in [2.45, 2.75) is 161 Å². The normalized spacial score (nSPS) is 14.1. The van der Waals surface area contributed by atoms with Gasteiger partial charge in [-0.2, -0.15) is 0 Å². The number of esters is 2. The lowest BCUT2D eigenvalue weighted by molar-refractivity contribution is -0.161. The largest absolute Gasteiger partial charge is 0.472 e. The summed E-state index contributed by atoms with van der Waals surface area (Å²) in [4.78, 5) is 34.7. The minimum atomic E-state index is -4.40. The molecular formula is C43H74NO8P. The Morgan fingerprint density at radius 1 is 0.566 bits per heavy atom. The molecule has 0 aliphatic rings. The minimum Gasteiger partial charge on any atom is -0.462 e. The summed E-state index contributed by atoms with van der Waals surface area (Å²) in [5.41, 5.74) is 5.33. The van der Waals surface area contributed by atoms with Crippen molar-refractivity contribution in [3.63, 3.8) is 0 Å². The summed E-state index contributed by atoms with van der Waals surface area (Å²) in [5.74, 6) is -0.942. The number of allylic oxidation sites excluding steroid dienone is 12. The summed E-state index contributed by atoms with van der Waals surface area (Å²) in [6.45, 7) is 3.57. The van der Waals surface area contributed by atoms with Crippen LogP contribution in [0.3, 0.4) is 0 Å². The van der Waals surface area contributed by atoms with Crippen molar-refractivity contribution in [1.82, 2.24) is 0 Å². The van der Waals surface area contributed by atoms with Crippen LogP contribution < -0.4 is 5.73 Å². The quantitative estimate of drug-likeness (QED) is 0.0274. The molecule has 1 unspecified atom stereocenters. The zero-order chi connectivity index (χ0) is 38.9. The molecule has 0 heterocycles. The zero-order valence-corrected chi connectivity index (χ0v) is 34.1. The van der Waals surface area contributed by atoms with Crippen LogP contribution in [0.15, 0.2) is 72.9 Å². The number of rotatable bonds is 37. The number of hydrogen-bond acceptors (Lipinski definition) is 8. The highest BCUT2D eigenvalue weighted by Gasteiger charge is 2.25. The number of phosphoric ester groups is 1. The van der Waals surface area contributed by atoms with Gasteiger partial charge in [-0.1, -0.05) is 132 Å². The standard InChI is InChI=1S/C43H74NO8P/c1-3-5-7-9-11-13-15-17-19-20-22-24-26-28-30-32-34-36-43(46)52-41(40-51-53(47,48)50-38-37-44)39-49-42(45)35-33-31-29-27-25-23-21-18-16-14-12-10-8-6-4-2/h12,14,17-19,21-22,24-25,27-28,30,41H,3-11,13,15-16,20,23,26,29,31-40,44H2,1-2H3,(H,47,48)/b14-12+,19-17+,21-18+,24-22+,27-25+,30-28+/t41-/m1/s1. The maximum absolute atomic E-state index is 12.5. The molecule has 10 heteroatoms. The third kappa shape index (κ3) is 39.0. The van der Waals surface area contributed by atoms with Crippen LogP contribution in [-0.2, 0) is 32.7 Å². The van der Waals surface area contributed by atoms with Crippen LogP contribution in [0.4, 0.5) is 0 Å². The second-order valence-electron chi connectivity index (χ2n) is 13.1. The Morgan fingerprint density at radius 3 is 1.55 bits per heavy atom. The molecule has 0 amide bonds. The fourth-order valence-corrected chi connectivity index (χ4v) is 5.77. The van der Waals surface area contributed by atoms with E-state index in [0.29, 0.717) is 19.3 Å². The van der Waals surface area contributed by atoms with Gasteiger partial charge in [0.25, 0.3) is 0 Å². The maximum atomic E-state index is 12.5. The van der Waals surface area contributed by atoms with E-state index in [2.05, 4.69) is 80.7 Å². The van der Waals surface area contributed by atoms with Crippen molar-refractivity contribution < 1.29 is 37.6 Å². The molecule has 0 fully saturated rings. The van der Waals surface area contributed by atoms with Gasteiger partial charge in [0, 0.05) is 19.4 Å². The van der Waals surface area contributed by atoms with E-state index in [-0.39, 0.29) is 32.6 Å². The van der Waals surface area contributed by atoms with Gasteiger partial charge in [0.2, 0.25) is 0 Å². The highest BCUT2D eigenvalue weighted by molar-refractivity contribution is 7.47. The number of nitrogens with two attached hydrogens (primary N) is 1. The summed E-state index contributed by atoms with van der Waals surface area (Å²) in [6.07, 6.45) is 46.6. The number of carbonyl (C=O) groups excluding carboxylic acids is 2. The van der Waals surface area contributed by atoms with E-state index >= 15 is 0 Å². The van der Waals surface area contributed by atoms with Gasteiger partial charge in [-0.05, 0) is 83.5 Å². The van der Waals surface area contributed by atoms with Gasteiger partial charge in [0.1, 0.15) is 6.61 Å². The lowest BCUT2D eigenvalue weighted by Crippen LogP contribution is -2.29. The van der Waals surface area contributed by atoms with E-state index in [1.54, 1.807) is 0 Å². The molecule has 0 saturated heterocycles. The Bertz CT molecular complexity index is 1100. The maximum Gasteiger partial charge on any atom is 0.472 e. The van der Waals surface area contributed by atoms with Crippen molar-refractivity contribution in [2.75, 3.05) is 26.4 Å². The molecule has 0 aromatic carbocycles. The van der Waals surface area contributed by atoms with Gasteiger partial charge in [0.15, 0.2) is 6.10 Å². The van der Waals surface area contributed by atoms with E-state index in [4.69, 9.17) is 24.3 Å². The van der Waals surface area contributed by atoms with Gasteiger partial charge in [-0.25, -0.2) is 4.57 Å². The van der Waals surface area contributed by atoms with Crippen LogP contribution in [0, 0.1) is 0 Å². The molecule has 0 aromatic heterocycles. The van der Waals surface area contributed by atoms with Crippen LogP contribution in [-0.4, -0.2) is 49.3 Å². The van der Waals surface area contributed by atoms with E-state index in [9.17, 15) is 19.0 Å². The summed E-state index contributed by atoms with van der Waals surface area (Å²) < 4.78 is 32.6. The smallest absolute Gasteiger partial charge is 0.462 e. The fraction of sp³-hybridized carbons (Fsp3) is 0.674. The highest BCUT2D eigenvalue weighted by atomic mass is 31.2. The third-order valence-corrected chi connectivity index (χ3v) is 9.05. The van der Waals surface area contributed by atoms with Gasteiger partial charge in [-0.15, -0.1) is 0 Å². The predicted octanol–water partition coefficient (Wildman–Crippen LogP) is 11.5. The Balaban J connectivity index is 4.37. The summed E-state index contributed by atoms with van der Waals surface area (Å²) in [7, 11) is -4.40. The van der Waals surface area contributed by atoms with Gasteiger partial charge in [-0.3, -0.25) is 18.6 Å². The Labute approximate surface area is 322 Å². The SMILES string of the molecule is CCCCC/C=C/C/C=C/C/C=C/CCCCC(=O)OC[C@H](COP(=O)(O)OCCN)OC(=O)CCC/C=C/C/C=C/C/C=C/CCCCCCCC. The van der Waals surface area contributed by atoms with E-state index < -0.39 is 32.5 Å². The summed E-state index contributed by atoms with van der Waals surface area (Å²) >= 11 is 0. The topological polar surface area (TPSA) is 134 Å². The predicted molar refractivity (Wildman–Crippen MR) is 219 cm³/mol. The zero-order valence-electron chi connectivity index (χ0n) is 33.2. The molecule has 0 saturated carbocycles. The van der Waals surface area contributed by atoms with Crippen molar-refractivity contribution >= 4 is 19.8 Å². The lowest BCUT2D eigenvalue weighted by Gasteiger charge is -2.19. The van der Waals surface area contributed by atoms with Gasteiger partial charge in [0.05, 0.1) is 13.2 Å². The van der Waals surface area contributed by atoms with Crippen LogP contribution in [0.2, 0.25) is 0 Å². The lowest BCUT2D eigenvalue weighted by atomic mass is 10.1. The third-order valence-electron chi connectivity index (χ3n) is 8.06. The molecule has 0 aliphatic carbocycles. The van der Waals surface area contributed by atoms with Crippen molar-refractivity contribution in [3.8, 4) is 0 Å². The van der Waals surface area contributed by atoms with Crippen molar-refractivity contribution in [2.24, 2.45) is 5.73 Å². The molecule has 9 nitrogen and oxygen atoms in total. The second-order valence-corrected chi connectivity index (χ2v) is 14.6. The van der Waals surface area contributed by atoms with Gasteiger partial charge < -0.3 is 20.1 Å². The average molecular weight is 764 g/mol. The number of ether oxygens (including phenoxy) is 2. The molecule has 2 atom stereocenters. The van der Waals surface area contributed by atoms with E-state index in [0.717, 1.165) is 51.4 Å². The molecule has 0 bridgehead atoms. The molecule has 304 valence electrons. The first-order valence-electron chi connectivity index (χ1n) is 20.4. The fourth-order valence-electron chi connectivity index (χ4n) is 5.01. The number of unbranched alkanes of at least 4 members (excludes halogenated alkanes) is 12. The first kappa shape index (κ1) is 50.5. The molecular weight excluding hydrogens is 689 g/mol. The molecule has 3 N–H and O–H groups in total. The van der Waals surface area contributed by atoms with Crippen LogP contribution in [0.5, 0.6) is 0 Å². The first-order chi connectivity index (χ1) is 25.8. The molecule has 53 heavy (non-hydrogen) atoms. The first-order valence-corrected chi connectivity index (χ1v) is 21.9. The summed E-state index contributed by atoms with van der Waals surface area (Å²) in [5, 5.41) is 0. The number of carbonyl (C=O) groups is 2. The molecule has 0 rings (SSSR count). The Hall–Kier alpha value is -2.55. The van der Waals surface area contributed by atoms with Gasteiger partial charge >= 0.3 is 19.8 Å². The summed E-state index contributed by atoms with van der Waals surface area (Å²) in [6, 6.07) is 0. The average Bonchev–Trinajstić information content (AvgIpc) is 3.14. The van der Waals surface area contributed by atoms with Crippen molar-refractivity contribution in [3.05, 3.63) is 72.9 Å². The van der Waals surface area contributed by atoms with E-state index in [1.165, 1.54) is 57.8 Å². The second kappa shape index (κ2) is 39.2. The Morgan fingerprint density at radius 2 is 1.00 bits per heavy atom. The van der Waals surface area contributed by atoms with Crippen molar-refractivity contribution in [1.29, 1.82) is 0 Å². The molecule has 0 aromatic rings. The monoisotopic (exact) mass is 764 g/mol. The van der Waals surface area contributed by atoms with Crippen LogP contribution in [0.1, 0.15) is 155 Å². The van der Waals surface area contributed by atoms with E-state index in [1.807, 2.05) is 6.08 Å². The highest BCUT2D eigenvalue weighted by Crippen LogP contribution is 2.43. The number of hydrogen-bond donors (Lipinski definition) is 2. The molecule has 0 spiro atoms. The van der Waals surface area contributed by atoms with Crippen LogP contribution >= 0.6 is 7.82 Å². The Kier molecular flexibility index (Phi) is 37.3. The van der Waals surface area contributed by atoms with Crippen LogP contribution in [0.25, 0.3) is 0 Å². The number of phosphoric acid groups is 1.